The van der Waals surface area contributed by atoms with E-state index in [1.807, 2.05) is 20.8 Å². The minimum Gasteiger partial charge on any atom is -0.495 e. The third-order valence-electron chi connectivity index (χ3n) is 5.19. The average Bonchev–Trinajstić information content (AvgIpc) is 3.07. The Morgan fingerprint density at radius 2 is 1.70 bits per heavy atom. The molecule has 0 spiro atoms. The van der Waals surface area contributed by atoms with Crippen molar-refractivity contribution in [1.82, 2.24) is 19.7 Å². The summed E-state index contributed by atoms with van der Waals surface area (Å²) in [5.74, 6) is 1.69. The molecule has 10 heteroatoms. The normalized spacial score (nSPS) is 11.3. The van der Waals surface area contributed by atoms with E-state index in [4.69, 9.17) is 9.47 Å². The molecule has 170 valence electrons. The third kappa shape index (κ3) is 4.65. The zero-order valence-corrected chi connectivity index (χ0v) is 19.4. The number of ether oxygens (including phenoxy) is 2. The van der Waals surface area contributed by atoms with Gasteiger partial charge >= 0.3 is 0 Å². The fraction of sp³-hybridized carbons (Fsp3) is 0.174. The van der Waals surface area contributed by atoms with Gasteiger partial charge in [-0.25, -0.2) is 23.1 Å². The molecule has 2 aromatic heterocycles. The minimum absolute atomic E-state index is 0.0562. The monoisotopic (exact) mass is 465 g/mol. The highest BCUT2D eigenvalue weighted by molar-refractivity contribution is 7.92. The number of para-hydroxylation sites is 1. The van der Waals surface area contributed by atoms with Crippen LogP contribution in [0.2, 0.25) is 0 Å². The van der Waals surface area contributed by atoms with E-state index in [1.54, 1.807) is 53.2 Å². The summed E-state index contributed by atoms with van der Waals surface area (Å²) in [7, 11) is -2.39. The summed E-state index contributed by atoms with van der Waals surface area (Å²) in [4.78, 5) is 8.50. The summed E-state index contributed by atoms with van der Waals surface area (Å²) in [6.45, 7) is 5.93. The molecule has 0 radical (unpaired) electrons. The minimum atomic E-state index is -3.82. The molecule has 0 atom stereocenters. The number of benzene rings is 2. The molecule has 2 aromatic carbocycles. The Labute approximate surface area is 192 Å². The molecule has 4 aromatic rings. The molecule has 33 heavy (non-hydrogen) atoms. The molecule has 0 aliphatic carbocycles. The summed E-state index contributed by atoms with van der Waals surface area (Å²) in [6.07, 6.45) is 1.41. The zero-order valence-electron chi connectivity index (χ0n) is 18.6. The van der Waals surface area contributed by atoms with Gasteiger partial charge in [0.15, 0.2) is 5.82 Å². The molecule has 0 saturated carbocycles. The van der Waals surface area contributed by atoms with Gasteiger partial charge in [-0.1, -0.05) is 12.1 Å². The van der Waals surface area contributed by atoms with E-state index in [0.717, 1.165) is 17.0 Å². The molecule has 0 bridgehead atoms. The molecule has 1 N–H and O–H groups in total. The van der Waals surface area contributed by atoms with E-state index in [-0.39, 0.29) is 10.6 Å². The SMILES string of the molecule is COc1ccccc1S(=O)(=O)Nc1ccc(Oc2cc(-n3nc(C)c(C)c3C)ncn2)cc1. The standard InChI is InChI=1S/C23H23N5O4S/c1-15-16(2)26-28(17(15)3)22-13-23(25-14-24-22)32-19-11-9-18(10-12-19)27-33(29,30)21-8-6-5-7-20(21)31-4/h5-14,27H,1-4H3. The molecule has 0 unspecified atom stereocenters. The number of anilines is 1. The first-order valence-electron chi connectivity index (χ1n) is 10.1. The second kappa shape index (κ2) is 8.91. The zero-order chi connectivity index (χ0) is 23.6. The van der Waals surface area contributed by atoms with Crippen LogP contribution in [0.15, 0.2) is 65.8 Å². The van der Waals surface area contributed by atoms with Crippen LogP contribution < -0.4 is 14.2 Å². The van der Waals surface area contributed by atoms with Crippen LogP contribution >= 0.6 is 0 Å². The molecular formula is C23H23N5O4S. The molecule has 0 fully saturated rings. The second-order valence-corrected chi connectivity index (χ2v) is 8.96. The lowest BCUT2D eigenvalue weighted by Gasteiger charge is -2.12. The van der Waals surface area contributed by atoms with Crippen LogP contribution in [0.4, 0.5) is 5.69 Å². The van der Waals surface area contributed by atoms with Gasteiger partial charge in [-0.2, -0.15) is 5.10 Å². The van der Waals surface area contributed by atoms with Gasteiger partial charge in [0.1, 0.15) is 22.7 Å². The number of hydrogen-bond acceptors (Lipinski definition) is 7. The van der Waals surface area contributed by atoms with E-state index in [9.17, 15) is 8.42 Å². The molecule has 2 heterocycles. The highest BCUT2D eigenvalue weighted by Crippen LogP contribution is 2.27. The molecule has 0 aliphatic heterocycles. The van der Waals surface area contributed by atoms with E-state index in [1.165, 1.54) is 19.5 Å². The maximum Gasteiger partial charge on any atom is 0.265 e. The lowest BCUT2D eigenvalue weighted by atomic mass is 10.2. The summed E-state index contributed by atoms with van der Waals surface area (Å²) in [5, 5.41) is 4.51. The quantitative estimate of drug-likeness (QED) is 0.436. The Hall–Kier alpha value is -3.92. The van der Waals surface area contributed by atoms with Crippen LogP contribution in [0, 0.1) is 20.8 Å². The molecule has 9 nitrogen and oxygen atoms in total. The van der Waals surface area contributed by atoms with Crippen molar-refractivity contribution in [3.05, 3.63) is 77.9 Å². The van der Waals surface area contributed by atoms with Crippen molar-refractivity contribution in [2.75, 3.05) is 11.8 Å². The first kappa shape index (κ1) is 22.3. The fourth-order valence-corrected chi connectivity index (χ4v) is 4.44. The highest BCUT2D eigenvalue weighted by Gasteiger charge is 2.19. The molecular weight excluding hydrogens is 442 g/mol. The van der Waals surface area contributed by atoms with Crippen molar-refractivity contribution in [3.8, 4) is 23.2 Å². The lowest BCUT2D eigenvalue weighted by molar-refractivity contribution is 0.403. The van der Waals surface area contributed by atoms with Gasteiger partial charge in [-0.15, -0.1) is 0 Å². The van der Waals surface area contributed by atoms with Gasteiger partial charge in [0.25, 0.3) is 10.0 Å². The topological polar surface area (TPSA) is 108 Å². The third-order valence-corrected chi connectivity index (χ3v) is 6.61. The molecule has 0 saturated heterocycles. The maximum atomic E-state index is 12.7. The predicted octanol–water partition coefficient (Wildman–Crippen LogP) is 4.19. The van der Waals surface area contributed by atoms with Crippen LogP contribution in [0.5, 0.6) is 17.4 Å². The number of nitrogens with one attached hydrogen (secondary N) is 1. The van der Waals surface area contributed by atoms with Crippen molar-refractivity contribution in [2.45, 2.75) is 25.7 Å². The second-order valence-electron chi connectivity index (χ2n) is 7.30. The first-order chi connectivity index (χ1) is 15.8. The van der Waals surface area contributed by atoms with E-state index >= 15 is 0 Å². The van der Waals surface area contributed by atoms with Gasteiger partial charge in [-0.05, 0) is 62.7 Å². The molecule has 0 aliphatic rings. The van der Waals surface area contributed by atoms with Crippen LogP contribution in [0.1, 0.15) is 17.0 Å². The predicted molar refractivity (Wildman–Crippen MR) is 124 cm³/mol. The Bertz CT molecular complexity index is 1400. The number of aromatic nitrogens is 4. The summed E-state index contributed by atoms with van der Waals surface area (Å²) in [6, 6.07) is 14.6. The Morgan fingerprint density at radius 3 is 2.36 bits per heavy atom. The van der Waals surface area contributed by atoms with Gasteiger partial charge in [-0.3, -0.25) is 4.72 Å². The Morgan fingerprint density at radius 1 is 0.970 bits per heavy atom. The fourth-order valence-electron chi connectivity index (χ4n) is 3.21. The Kier molecular flexibility index (Phi) is 6.01. The van der Waals surface area contributed by atoms with Crippen LogP contribution in [0.3, 0.4) is 0 Å². The van der Waals surface area contributed by atoms with E-state index < -0.39 is 10.0 Å². The average molecular weight is 466 g/mol. The number of methoxy groups -OCH3 is 1. The van der Waals surface area contributed by atoms with Crippen LogP contribution in [-0.2, 0) is 10.0 Å². The van der Waals surface area contributed by atoms with Crippen molar-refractivity contribution in [1.29, 1.82) is 0 Å². The maximum absolute atomic E-state index is 12.7. The number of nitrogens with zero attached hydrogens (tertiary/aromatic N) is 4. The molecule has 0 amide bonds. The number of hydrogen-bond donors (Lipinski definition) is 1. The number of aryl methyl sites for hydroxylation is 1. The molecule has 4 rings (SSSR count). The van der Waals surface area contributed by atoms with Gasteiger partial charge in [0.05, 0.1) is 12.8 Å². The van der Waals surface area contributed by atoms with Crippen molar-refractivity contribution in [2.24, 2.45) is 0 Å². The van der Waals surface area contributed by atoms with E-state index in [2.05, 4.69) is 19.8 Å². The van der Waals surface area contributed by atoms with Gasteiger partial charge in [0, 0.05) is 17.4 Å². The summed E-state index contributed by atoms with van der Waals surface area (Å²) >= 11 is 0. The van der Waals surface area contributed by atoms with Crippen molar-refractivity contribution >= 4 is 15.7 Å². The van der Waals surface area contributed by atoms with E-state index in [0.29, 0.717) is 23.1 Å². The summed E-state index contributed by atoms with van der Waals surface area (Å²) in [5.41, 5.74) is 3.40. The Balaban J connectivity index is 1.51. The number of sulfonamides is 1. The first-order valence-corrected chi connectivity index (χ1v) is 11.6. The smallest absolute Gasteiger partial charge is 0.265 e. The number of rotatable bonds is 7. The van der Waals surface area contributed by atoms with Crippen molar-refractivity contribution in [3.63, 3.8) is 0 Å². The van der Waals surface area contributed by atoms with Gasteiger partial charge in [0.2, 0.25) is 5.88 Å². The van der Waals surface area contributed by atoms with Crippen LogP contribution in [-0.4, -0.2) is 35.3 Å². The van der Waals surface area contributed by atoms with Crippen molar-refractivity contribution < 1.29 is 17.9 Å². The van der Waals surface area contributed by atoms with Gasteiger partial charge < -0.3 is 9.47 Å². The summed E-state index contributed by atoms with van der Waals surface area (Å²) < 4.78 is 40.7. The highest BCUT2D eigenvalue weighted by atomic mass is 32.2. The largest absolute Gasteiger partial charge is 0.495 e. The van der Waals surface area contributed by atoms with Crippen LogP contribution in [0.25, 0.3) is 5.82 Å². The lowest BCUT2D eigenvalue weighted by Crippen LogP contribution is -2.13.